The van der Waals surface area contributed by atoms with E-state index in [2.05, 4.69) is 5.16 Å². The number of fused-ring (bicyclic) bond motifs is 1. The second-order valence-corrected chi connectivity index (χ2v) is 8.29. The highest BCUT2D eigenvalue weighted by Crippen LogP contribution is 2.43. The van der Waals surface area contributed by atoms with Crippen molar-refractivity contribution in [3.63, 3.8) is 0 Å². The average molecular weight is 413 g/mol. The maximum absolute atomic E-state index is 13.3. The van der Waals surface area contributed by atoms with Crippen LogP contribution in [0.3, 0.4) is 0 Å². The van der Waals surface area contributed by atoms with E-state index in [0.717, 1.165) is 0 Å². The maximum atomic E-state index is 13.3. The van der Waals surface area contributed by atoms with Crippen LogP contribution in [-0.2, 0) is 11.4 Å². The van der Waals surface area contributed by atoms with Crippen molar-refractivity contribution in [2.45, 2.75) is 26.9 Å². The molecule has 4 rings (SSSR count). The van der Waals surface area contributed by atoms with Crippen molar-refractivity contribution < 1.29 is 24.0 Å². The first-order valence-corrected chi connectivity index (χ1v) is 10.2. The van der Waals surface area contributed by atoms with Gasteiger partial charge in [0.25, 0.3) is 5.91 Å². The molecule has 1 N–H and O–H groups in total. The lowest BCUT2D eigenvalue weighted by Crippen LogP contribution is -2.50. The number of aromatic nitrogens is 1. The molecule has 1 aromatic heterocycles. The van der Waals surface area contributed by atoms with Crippen LogP contribution < -0.4 is 4.74 Å². The van der Waals surface area contributed by atoms with Crippen LogP contribution in [0.25, 0.3) is 0 Å². The fourth-order valence-electron chi connectivity index (χ4n) is 4.53. The summed E-state index contributed by atoms with van der Waals surface area (Å²) in [5.74, 6) is 1.09. The molecule has 2 aromatic rings. The number of aryl methyl sites for hydroxylation is 1. The van der Waals surface area contributed by atoms with Gasteiger partial charge in [-0.05, 0) is 25.5 Å². The molecule has 0 bridgehead atoms. The normalized spacial score (nSPS) is 23.4. The first-order valence-electron chi connectivity index (χ1n) is 10.2. The average Bonchev–Trinajstić information content (AvgIpc) is 3.32. The van der Waals surface area contributed by atoms with Gasteiger partial charge in [0.15, 0.2) is 5.69 Å². The number of para-hydroxylation sites is 1. The minimum atomic E-state index is -0.374. The van der Waals surface area contributed by atoms with Crippen LogP contribution in [-0.4, -0.2) is 64.7 Å². The lowest BCUT2D eigenvalue weighted by atomic mass is 9.73. The summed E-state index contributed by atoms with van der Waals surface area (Å²) in [7, 11) is 0. The number of piperidine rings is 1. The Morgan fingerprint density at radius 1 is 1.27 bits per heavy atom. The predicted octanol–water partition coefficient (Wildman–Crippen LogP) is 1.86. The SMILES string of the molecule is CC(=O)N1CC[C@@]2(CO)CN(C(=O)c3noc(C)c3COc3ccccc3)C[C@H]2C1. The Labute approximate surface area is 175 Å². The highest BCUT2D eigenvalue weighted by atomic mass is 16.5. The molecule has 2 atom stereocenters. The molecule has 2 amide bonds. The van der Waals surface area contributed by atoms with Gasteiger partial charge in [0.05, 0.1) is 12.2 Å². The molecule has 0 radical (unpaired) electrons. The van der Waals surface area contributed by atoms with Gasteiger partial charge < -0.3 is 24.2 Å². The van der Waals surface area contributed by atoms with Gasteiger partial charge in [-0.2, -0.15) is 0 Å². The van der Waals surface area contributed by atoms with Gasteiger partial charge in [-0.1, -0.05) is 23.4 Å². The van der Waals surface area contributed by atoms with Gasteiger partial charge in [0.1, 0.15) is 18.1 Å². The van der Waals surface area contributed by atoms with Crippen molar-refractivity contribution in [1.29, 1.82) is 0 Å². The summed E-state index contributed by atoms with van der Waals surface area (Å²) in [6, 6.07) is 9.37. The van der Waals surface area contributed by atoms with Gasteiger partial charge in [-0.15, -0.1) is 0 Å². The van der Waals surface area contributed by atoms with Crippen molar-refractivity contribution in [3.05, 3.63) is 47.3 Å². The van der Waals surface area contributed by atoms with E-state index in [1.807, 2.05) is 30.3 Å². The van der Waals surface area contributed by atoms with E-state index in [1.165, 1.54) is 0 Å². The molecule has 3 heterocycles. The van der Waals surface area contributed by atoms with Crippen molar-refractivity contribution in [1.82, 2.24) is 15.0 Å². The smallest absolute Gasteiger partial charge is 0.276 e. The van der Waals surface area contributed by atoms with Gasteiger partial charge in [0, 0.05) is 44.4 Å². The van der Waals surface area contributed by atoms with E-state index in [9.17, 15) is 14.7 Å². The number of aliphatic hydroxyl groups is 1. The zero-order chi connectivity index (χ0) is 21.3. The number of nitrogens with zero attached hydrogens (tertiary/aromatic N) is 3. The summed E-state index contributed by atoms with van der Waals surface area (Å²) < 4.78 is 11.1. The third-order valence-corrected chi connectivity index (χ3v) is 6.49. The third kappa shape index (κ3) is 3.67. The molecule has 8 heteroatoms. The maximum Gasteiger partial charge on any atom is 0.276 e. The zero-order valence-electron chi connectivity index (χ0n) is 17.3. The lowest BCUT2D eigenvalue weighted by Gasteiger charge is -2.41. The van der Waals surface area contributed by atoms with E-state index in [4.69, 9.17) is 9.26 Å². The highest BCUT2D eigenvalue weighted by molar-refractivity contribution is 5.94. The number of amides is 2. The van der Waals surface area contributed by atoms with Crippen LogP contribution in [0, 0.1) is 18.3 Å². The predicted molar refractivity (Wildman–Crippen MR) is 108 cm³/mol. The van der Waals surface area contributed by atoms with Gasteiger partial charge in [0.2, 0.25) is 5.91 Å². The number of carbonyl (C=O) groups is 2. The van der Waals surface area contributed by atoms with Gasteiger partial charge in [-0.3, -0.25) is 9.59 Å². The molecule has 0 aliphatic carbocycles. The summed E-state index contributed by atoms with van der Waals surface area (Å²) in [5, 5.41) is 14.1. The van der Waals surface area contributed by atoms with Crippen LogP contribution in [0.1, 0.15) is 35.2 Å². The fourth-order valence-corrected chi connectivity index (χ4v) is 4.53. The Morgan fingerprint density at radius 2 is 2.00 bits per heavy atom. The number of carbonyl (C=O) groups excluding carboxylic acids is 2. The summed E-state index contributed by atoms with van der Waals surface area (Å²) in [6.07, 6.45) is 0.680. The van der Waals surface area contributed by atoms with Gasteiger partial charge in [-0.25, -0.2) is 0 Å². The Bertz CT molecular complexity index is 928. The van der Waals surface area contributed by atoms with Crippen LogP contribution in [0.2, 0.25) is 0 Å². The van der Waals surface area contributed by atoms with Crippen molar-refractivity contribution >= 4 is 11.8 Å². The molecule has 0 spiro atoms. The molecule has 2 fully saturated rings. The summed E-state index contributed by atoms with van der Waals surface area (Å²) in [6.45, 7) is 5.58. The Hall–Kier alpha value is -2.87. The molecule has 8 nitrogen and oxygen atoms in total. The summed E-state index contributed by atoms with van der Waals surface area (Å²) in [4.78, 5) is 28.6. The van der Waals surface area contributed by atoms with E-state index < -0.39 is 0 Å². The second kappa shape index (κ2) is 8.10. The molecular formula is C22H27N3O5. The Kier molecular flexibility index (Phi) is 5.51. The van der Waals surface area contributed by atoms with Crippen LogP contribution in [0.4, 0.5) is 0 Å². The molecule has 2 aliphatic heterocycles. The van der Waals surface area contributed by atoms with E-state index in [1.54, 1.807) is 23.6 Å². The molecule has 160 valence electrons. The molecule has 0 unspecified atom stereocenters. The summed E-state index contributed by atoms with van der Waals surface area (Å²) >= 11 is 0. The van der Waals surface area contributed by atoms with E-state index in [-0.39, 0.29) is 42.1 Å². The molecule has 0 saturated carbocycles. The zero-order valence-corrected chi connectivity index (χ0v) is 17.3. The summed E-state index contributed by atoms with van der Waals surface area (Å²) in [5.41, 5.74) is 0.502. The third-order valence-electron chi connectivity index (χ3n) is 6.49. The van der Waals surface area contributed by atoms with Crippen molar-refractivity contribution in [2.75, 3.05) is 32.8 Å². The highest BCUT2D eigenvalue weighted by Gasteiger charge is 2.51. The number of hydrogen-bond acceptors (Lipinski definition) is 6. The number of benzene rings is 1. The molecule has 2 saturated heterocycles. The number of ether oxygens (including phenoxy) is 1. The first kappa shape index (κ1) is 20.4. The number of aliphatic hydroxyl groups excluding tert-OH is 1. The van der Waals surface area contributed by atoms with Crippen molar-refractivity contribution in [3.8, 4) is 5.75 Å². The largest absolute Gasteiger partial charge is 0.489 e. The molecule has 30 heavy (non-hydrogen) atoms. The minimum Gasteiger partial charge on any atom is -0.489 e. The number of hydrogen-bond donors (Lipinski definition) is 1. The van der Waals surface area contributed by atoms with Crippen molar-refractivity contribution in [2.24, 2.45) is 11.3 Å². The topological polar surface area (TPSA) is 96.1 Å². The first-order chi connectivity index (χ1) is 14.4. The lowest BCUT2D eigenvalue weighted by molar-refractivity contribution is -0.133. The Balaban J connectivity index is 1.51. The van der Waals surface area contributed by atoms with E-state index in [0.29, 0.717) is 49.7 Å². The molecule has 2 aliphatic rings. The monoisotopic (exact) mass is 413 g/mol. The van der Waals surface area contributed by atoms with Crippen LogP contribution in [0.15, 0.2) is 34.9 Å². The van der Waals surface area contributed by atoms with Crippen LogP contribution >= 0.6 is 0 Å². The molecule has 1 aromatic carbocycles. The quantitative estimate of drug-likeness (QED) is 0.804. The second-order valence-electron chi connectivity index (χ2n) is 8.29. The standard InChI is InChI=1S/C22H27N3O5/c1-15-19(12-29-18-6-4-3-5-7-18)20(23-30-15)21(28)25-11-17-10-24(16(2)27)9-8-22(17,13-25)14-26/h3-7,17,26H,8-14H2,1-2H3/t17-,22+/m1/s1. The number of likely N-dealkylation sites (tertiary alicyclic amines) is 2. The molecular weight excluding hydrogens is 386 g/mol. The van der Waals surface area contributed by atoms with Crippen LogP contribution in [0.5, 0.6) is 5.75 Å². The minimum absolute atomic E-state index is 0.00495. The number of rotatable bonds is 5. The Morgan fingerprint density at radius 3 is 2.70 bits per heavy atom. The van der Waals surface area contributed by atoms with Gasteiger partial charge >= 0.3 is 0 Å². The fraction of sp³-hybridized carbons (Fsp3) is 0.500. The van der Waals surface area contributed by atoms with E-state index >= 15 is 0 Å².